The van der Waals surface area contributed by atoms with Crippen molar-refractivity contribution in [3.05, 3.63) is 34.9 Å². The largest absolute Gasteiger partial charge is 0.479 e. The molecule has 24 heteroatoms. The van der Waals surface area contributed by atoms with E-state index in [-0.39, 0.29) is 24.3 Å². The molecule has 27 atom stereocenters. The topological polar surface area (TPSA) is 388 Å². The summed E-state index contributed by atoms with van der Waals surface area (Å²) in [5.74, 6) is -4.48. The first-order valence-electron chi connectivity index (χ1n) is 28.3. The number of allylic oxidation sites excluding steroid dienone is 3. The van der Waals surface area contributed by atoms with Crippen LogP contribution in [0.25, 0.3) is 0 Å². The molecule has 8 unspecified atom stereocenters. The second-order valence-electron chi connectivity index (χ2n) is 25.9. The average Bonchev–Trinajstić information content (AvgIpc) is 1.99. The predicted molar refractivity (Wildman–Crippen MR) is 278 cm³/mol. The maximum Gasteiger partial charge on any atom is 0.335 e. The summed E-state index contributed by atoms with van der Waals surface area (Å²) >= 11 is 0. The Morgan fingerprint density at radius 2 is 1.17 bits per heavy atom. The molecule has 3 heterocycles. The summed E-state index contributed by atoms with van der Waals surface area (Å²) in [5, 5.41) is 146. The van der Waals surface area contributed by atoms with E-state index in [1.807, 2.05) is 27.7 Å². The smallest absolute Gasteiger partial charge is 0.335 e. The molecule has 13 N–H and O–H groups in total. The van der Waals surface area contributed by atoms with Gasteiger partial charge in [0.05, 0.1) is 50.2 Å². The van der Waals surface area contributed by atoms with Crippen molar-refractivity contribution < 1.29 is 119 Å². The molecule has 8 aliphatic rings. The molecular weight excluding hydrogens is 1070 g/mol. The minimum Gasteiger partial charge on any atom is -0.479 e. The van der Waals surface area contributed by atoms with E-state index >= 15 is 0 Å². The van der Waals surface area contributed by atoms with Gasteiger partial charge in [0, 0.05) is 27.4 Å². The lowest BCUT2D eigenvalue weighted by Gasteiger charge is -2.73. The Morgan fingerprint density at radius 3 is 1.70 bits per heavy atom. The standard InChI is InChI=1S/C57H88O24/c1-11-24(3)47(72)80-44-45(81-48(73)25(4)12-2)57(23-61)27(19-52(44,5)6)26-13-14-31-53(7)17-16-32(54(8,22-60)30(53)15-18-55(31,9)56(26,10)42(68)43(57)69)76-51-41(79-50-37(66)35(64)33(62)28(20-58)74-50)39(38(67)40(78-51)46(70)71)77-49-36(65)34(63)29(21-59)75-49/h11-13,27-45,49-51,58-69H,14-23H2,1-10H3,(H,70,71)/b24-11-,25-12-/t27?,28?,29-,30?,31?,32+,33+,34?,35+,36+,37?,38-,39+,40?,41?,42+,43-,44+,45+,49+,50+,51-,53+,54-,55-,56+,57+/m1/s1. The predicted octanol–water partition coefficient (Wildman–Crippen LogP) is -0.765. The third-order valence-corrected chi connectivity index (χ3v) is 21.5. The Kier molecular flexibility index (Phi) is 18.4. The van der Waals surface area contributed by atoms with Gasteiger partial charge in [-0.3, -0.25) is 0 Å². The molecule has 81 heavy (non-hydrogen) atoms. The highest BCUT2D eigenvalue weighted by Gasteiger charge is 2.77. The van der Waals surface area contributed by atoms with Gasteiger partial charge in [0.25, 0.3) is 0 Å². The van der Waals surface area contributed by atoms with Crippen LogP contribution in [0.2, 0.25) is 0 Å². The lowest BCUT2D eigenvalue weighted by Crippen LogP contribution is -2.76. The van der Waals surface area contributed by atoms with E-state index in [9.17, 15) is 80.8 Å². The number of rotatable bonds is 15. The van der Waals surface area contributed by atoms with Crippen molar-refractivity contribution >= 4 is 17.9 Å². The number of carboxylic acids is 1. The number of ether oxygens (including phenoxy) is 8. The minimum absolute atomic E-state index is 0.165. The Hall–Kier alpha value is -3.09. The van der Waals surface area contributed by atoms with E-state index in [0.29, 0.717) is 31.3 Å². The molecule has 0 aromatic rings. The van der Waals surface area contributed by atoms with Crippen molar-refractivity contribution in [2.75, 3.05) is 26.4 Å². The van der Waals surface area contributed by atoms with Crippen molar-refractivity contribution in [1.82, 2.24) is 0 Å². The van der Waals surface area contributed by atoms with E-state index < -0.39 is 205 Å². The van der Waals surface area contributed by atoms with Crippen LogP contribution >= 0.6 is 0 Å². The molecule has 0 aromatic carbocycles. The zero-order chi connectivity index (χ0) is 60.0. The van der Waals surface area contributed by atoms with E-state index in [4.69, 9.17) is 37.9 Å². The number of hydrogen-bond acceptors (Lipinski definition) is 23. The van der Waals surface area contributed by atoms with E-state index in [1.54, 1.807) is 39.8 Å². The fourth-order valence-corrected chi connectivity index (χ4v) is 16.2. The summed E-state index contributed by atoms with van der Waals surface area (Å²) in [6.07, 6.45) is -25.7. The van der Waals surface area contributed by atoms with Crippen LogP contribution in [-0.4, -0.2) is 227 Å². The number of carbonyl (C=O) groups is 3. The normalized spacial score (nSPS) is 49.8. The van der Waals surface area contributed by atoms with Crippen molar-refractivity contribution in [3.8, 4) is 0 Å². The highest BCUT2D eigenvalue weighted by molar-refractivity contribution is 5.89. The van der Waals surface area contributed by atoms with Crippen LogP contribution in [0.15, 0.2) is 34.9 Å². The summed E-state index contributed by atoms with van der Waals surface area (Å²) < 4.78 is 48.8. The fourth-order valence-electron chi connectivity index (χ4n) is 16.2. The van der Waals surface area contributed by atoms with E-state index in [2.05, 4.69) is 19.9 Å². The highest BCUT2D eigenvalue weighted by Crippen LogP contribution is 2.76. The Bertz CT molecular complexity index is 2410. The van der Waals surface area contributed by atoms with Gasteiger partial charge in [-0.05, 0) is 94.8 Å². The maximum absolute atomic E-state index is 13.9. The Morgan fingerprint density at radius 1 is 0.630 bits per heavy atom. The Balaban J connectivity index is 1.15. The Labute approximate surface area is 471 Å². The molecular formula is C57H88O24. The first-order valence-corrected chi connectivity index (χ1v) is 28.3. The molecule has 3 aliphatic heterocycles. The van der Waals surface area contributed by atoms with Crippen LogP contribution in [0.1, 0.15) is 108 Å². The molecule has 8 rings (SSSR count). The summed E-state index contributed by atoms with van der Waals surface area (Å²) in [7, 11) is 0. The number of aliphatic hydroxyl groups is 12. The van der Waals surface area contributed by atoms with Crippen molar-refractivity contribution in [3.63, 3.8) is 0 Å². The molecule has 24 nitrogen and oxygen atoms in total. The summed E-state index contributed by atoms with van der Waals surface area (Å²) in [4.78, 5) is 40.4. The van der Waals surface area contributed by atoms with Crippen LogP contribution < -0.4 is 0 Å². The zero-order valence-electron chi connectivity index (χ0n) is 47.8. The first kappa shape index (κ1) is 63.9. The molecule has 7 fully saturated rings. The highest BCUT2D eigenvalue weighted by atomic mass is 16.8. The quantitative estimate of drug-likeness (QED) is 0.0415. The third kappa shape index (κ3) is 9.98. The van der Waals surface area contributed by atoms with Crippen LogP contribution in [-0.2, 0) is 52.3 Å². The number of aliphatic hydroxyl groups excluding tert-OH is 12. The van der Waals surface area contributed by atoms with Gasteiger partial charge in [-0.2, -0.15) is 0 Å². The molecule has 5 aliphatic carbocycles. The molecule has 0 spiro atoms. The molecule has 0 radical (unpaired) electrons. The van der Waals surface area contributed by atoms with Gasteiger partial charge >= 0.3 is 17.9 Å². The van der Waals surface area contributed by atoms with Crippen molar-refractivity contribution in [2.24, 2.45) is 50.2 Å². The van der Waals surface area contributed by atoms with E-state index in [0.717, 1.165) is 5.57 Å². The van der Waals surface area contributed by atoms with Gasteiger partial charge in [0.2, 0.25) is 0 Å². The zero-order valence-corrected chi connectivity index (χ0v) is 47.8. The van der Waals surface area contributed by atoms with Gasteiger partial charge in [-0.25, -0.2) is 14.4 Å². The van der Waals surface area contributed by atoms with Gasteiger partial charge in [0.1, 0.15) is 67.1 Å². The molecule has 0 bridgehead atoms. The molecule has 4 saturated carbocycles. The average molecular weight is 1160 g/mol. The monoisotopic (exact) mass is 1160 g/mol. The van der Waals surface area contributed by atoms with Crippen LogP contribution in [0.4, 0.5) is 0 Å². The second kappa shape index (κ2) is 23.3. The van der Waals surface area contributed by atoms with Crippen LogP contribution in [0.5, 0.6) is 0 Å². The van der Waals surface area contributed by atoms with Crippen molar-refractivity contribution in [2.45, 2.75) is 224 Å². The van der Waals surface area contributed by atoms with Crippen LogP contribution in [0, 0.1) is 50.2 Å². The summed E-state index contributed by atoms with van der Waals surface area (Å²) in [5.41, 5.74) is -5.25. The number of esters is 2. The molecule has 0 aromatic heterocycles. The number of fused-ring (bicyclic) bond motifs is 7. The number of hydrogen-bond donors (Lipinski definition) is 13. The molecule has 0 amide bonds. The van der Waals surface area contributed by atoms with Crippen LogP contribution in [0.3, 0.4) is 0 Å². The third-order valence-electron chi connectivity index (χ3n) is 21.5. The summed E-state index contributed by atoms with van der Waals surface area (Å²) in [6, 6.07) is 0. The van der Waals surface area contributed by atoms with Gasteiger partial charge in [0.15, 0.2) is 31.1 Å². The molecule has 3 saturated heterocycles. The fraction of sp³-hybridized carbons (Fsp3) is 0.842. The second-order valence-corrected chi connectivity index (χ2v) is 25.9. The lowest BCUT2D eigenvalue weighted by atomic mass is 9.32. The minimum atomic E-state index is -2.18. The first-order chi connectivity index (χ1) is 37.9. The van der Waals surface area contributed by atoms with E-state index in [1.165, 1.54) is 0 Å². The SMILES string of the molecule is C/C=C(/C)C(=O)O[C@H]1[C@H](OC(=O)/C(C)=C\C)[C@@]2(CO)C(CC1(C)C)C1=CCC3[C@@]4(C)CC[C@H](O[C@@H]5OC(C(=O)O)[C@H](O)[C@H](O[C@@H]6O[C@H](CO)C(O)[C@@H]6O)C5O[C@@H]5OC(CO)[C@H](O)[C@H](O)C5O)[C@](C)(CO)C4CC[C@@]3(C)[C@]1(C)[C@@H](O)[C@H]2O. The number of carboxylic acid groups (broad SMARTS) is 1. The van der Waals surface area contributed by atoms with Gasteiger partial charge in [-0.1, -0.05) is 65.3 Å². The number of aliphatic carboxylic acids is 1. The molecule has 460 valence electrons. The van der Waals surface area contributed by atoms with Gasteiger partial charge < -0.3 is 104 Å². The maximum atomic E-state index is 13.9. The summed E-state index contributed by atoms with van der Waals surface area (Å²) in [6.45, 7) is 15.3. The van der Waals surface area contributed by atoms with Crippen molar-refractivity contribution in [1.29, 1.82) is 0 Å². The number of carbonyl (C=O) groups excluding carboxylic acids is 2. The van der Waals surface area contributed by atoms with Gasteiger partial charge in [-0.15, -0.1) is 0 Å². The lowest BCUT2D eigenvalue weighted by molar-refractivity contribution is -0.387.